The molecule has 30 heavy (non-hydrogen) atoms. The highest BCUT2D eigenvalue weighted by atomic mass is 16.5. The summed E-state index contributed by atoms with van der Waals surface area (Å²) in [5.41, 5.74) is 1.01. The van der Waals surface area contributed by atoms with E-state index in [4.69, 9.17) is 23.9 Å². The van der Waals surface area contributed by atoms with Crippen LogP contribution in [0.5, 0.6) is 11.5 Å². The predicted octanol–water partition coefficient (Wildman–Crippen LogP) is 2.98. The van der Waals surface area contributed by atoms with E-state index in [1.165, 1.54) is 0 Å². The summed E-state index contributed by atoms with van der Waals surface area (Å²) in [7, 11) is 3.31. The van der Waals surface area contributed by atoms with Crippen LogP contribution in [0.2, 0.25) is 0 Å². The Morgan fingerprint density at radius 2 is 2.00 bits per heavy atom. The third kappa shape index (κ3) is 7.69. The SMILES string of the molecule is CCNC(=NCC(C)(C)c1ccc(OC)c(OC)c1)NCCCOCC1CCOC1. The highest BCUT2D eigenvalue weighted by Gasteiger charge is 2.22. The van der Waals surface area contributed by atoms with E-state index in [0.29, 0.717) is 12.5 Å². The molecule has 1 unspecified atom stereocenters. The summed E-state index contributed by atoms with van der Waals surface area (Å²) < 4.78 is 21.9. The molecule has 0 bridgehead atoms. The fourth-order valence-corrected chi connectivity index (χ4v) is 3.31. The summed E-state index contributed by atoms with van der Waals surface area (Å²) in [4.78, 5) is 4.81. The maximum Gasteiger partial charge on any atom is 0.191 e. The lowest BCUT2D eigenvalue weighted by Gasteiger charge is -2.25. The van der Waals surface area contributed by atoms with Crippen LogP contribution in [0.15, 0.2) is 23.2 Å². The van der Waals surface area contributed by atoms with Crippen molar-refractivity contribution in [1.82, 2.24) is 10.6 Å². The van der Waals surface area contributed by atoms with E-state index in [9.17, 15) is 0 Å². The van der Waals surface area contributed by atoms with Crippen LogP contribution in [0.4, 0.5) is 0 Å². The number of rotatable bonds is 12. The lowest BCUT2D eigenvalue weighted by Crippen LogP contribution is -2.39. The van der Waals surface area contributed by atoms with E-state index >= 15 is 0 Å². The molecule has 170 valence electrons. The molecular formula is C23H39N3O4. The molecule has 1 aromatic carbocycles. The number of methoxy groups -OCH3 is 2. The largest absolute Gasteiger partial charge is 0.493 e. The molecule has 1 saturated heterocycles. The van der Waals surface area contributed by atoms with Crippen LogP contribution in [0.3, 0.4) is 0 Å². The van der Waals surface area contributed by atoms with E-state index in [-0.39, 0.29) is 5.41 Å². The summed E-state index contributed by atoms with van der Waals surface area (Å²) in [6.45, 7) is 12.0. The van der Waals surface area contributed by atoms with Crippen LogP contribution in [0.1, 0.15) is 39.2 Å². The van der Waals surface area contributed by atoms with Gasteiger partial charge in [0.25, 0.3) is 0 Å². The van der Waals surface area contributed by atoms with Crippen molar-refractivity contribution in [3.8, 4) is 11.5 Å². The van der Waals surface area contributed by atoms with Gasteiger partial charge in [-0.1, -0.05) is 19.9 Å². The molecule has 2 N–H and O–H groups in total. The minimum Gasteiger partial charge on any atom is -0.493 e. The molecule has 1 aromatic rings. The number of nitrogens with zero attached hydrogens (tertiary/aromatic N) is 1. The van der Waals surface area contributed by atoms with Crippen molar-refractivity contribution in [2.45, 2.75) is 39.0 Å². The summed E-state index contributed by atoms with van der Waals surface area (Å²) >= 11 is 0. The molecule has 0 aromatic heterocycles. The zero-order chi connectivity index (χ0) is 21.8. The fraction of sp³-hybridized carbons (Fsp3) is 0.696. The lowest BCUT2D eigenvalue weighted by molar-refractivity contribution is 0.0888. The molecule has 0 amide bonds. The summed E-state index contributed by atoms with van der Waals surface area (Å²) in [5, 5.41) is 6.72. The van der Waals surface area contributed by atoms with E-state index in [1.807, 2.05) is 12.1 Å². The second kappa shape index (κ2) is 12.6. The number of guanidine groups is 1. The van der Waals surface area contributed by atoms with Gasteiger partial charge in [0.15, 0.2) is 17.5 Å². The summed E-state index contributed by atoms with van der Waals surface area (Å²) in [6.07, 6.45) is 2.06. The third-order valence-electron chi connectivity index (χ3n) is 5.28. The Bertz CT molecular complexity index is 658. The zero-order valence-electron chi connectivity index (χ0n) is 19.3. The molecule has 2 rings (SSSR count). The predicted molar refractivity (Wildman–Crippen MR) is 121 cm³/mol. The highest BCUT2D eigenvalue weighted by molar-refractivity contribution is 5.79. The van der Waals surface area contributed by atoms with Gasteiger partial charge in [0.2, 0.25) is 0 Å². The molecule has 1 aliphatic rings. The van der Waals surface area contributed by atoms with Gasteiger partial charge in [0, 0.05) is 37.6 Å². The molecule has 1 fully saturated rings. The van der Waals surface area contributed by atoms with E-state index in [0.717, 1.165) is 75.4 Å². The molecular weight excluding hydrogens is 382 g/mol. The highest BCUT2D eigenvalue weighted by Crippen LogP contribution is 2.33. The van der Waals surface area contributed by atoms with Gasteiger partial charge in [-0.2, -0.15) is 0 Å². The van der Waals surface area contributed by atoms with Gasteiger partial charge in [-0.05, 0) is 37.5 Å². The molecule has 0 aliphatic carbocycles. The Morgan fingerprint density at radius 1 is 1.20 bits per heavy atom. The Labute approximate surface area is 181 Å². The Hall–Kier alpha value is -1.99. The molecule has 1 atom stereocenters. The second-order valence-electron chi connectivity index (χ2n) is 8.23. The molecule has 0 radical (unpaired) electrons. The van der Waals surface area contributed by atoms with Crippen LogP contribution in [-0.4, -0.2) is 66.2 Å². The molecule has 1 aliphatic heterocycles. The topological polar surface area (TPSA) is 73.3 Å². The van der Waals surface area contributed by atoms with Gasteiger partial charge in [-0.25, -0.2) is 0 Å². The molecule has 7 nitrogen and oxygen atoms in total. The summed E-state index contributed by atoms with van der Waals surface area (Å²) in [6, 6.07) is 6.05. The van der Waals surface area contributed by atoms with E-state index < -0.39 is 0 Å². The van der Waals surface area contributed by atoms with Crippen LogP contribution >= 0.6 is 0 Å². The lowest BCUT2D eigenvalue weighted by atomic mass is 9.84. The molecule has 1 heterocycles. The van der Waals surface area contributed by atoms with Gasteiger partial charge in [0.1, 0.15) is 0 Å². The number of hydrogen-bond acceptors (Lipinski definition) is 5. The second-order valence-corrected chi connectivity index (χ2v) is 8.23. The normalized spacial score (nSPS) is 17.1. The monoisotopic (exact) mass is 421 g/mol. The molecule has 0 saturated carbocycles. The van der Waals surface area contributed by atoms with Gasteiger partial charge in [0.05, 0.1) is 34.0 Å². The van der Waals surface area contributed by atoms with Crippen molar-refractivity contribution < 1.29 is 18.9 Å². The number of hydrogen-bond donors (Lipinski definition) is 2. The maximum absolute atomic E-state index is 5.77. The van der Waals surface area contributed by atoms with Crippen molar-refractivity contribution in [2.75, 3.05) is 60.3 Å². The van der Waals surface area contributed by atoms with Crippen molar-refractivity contribution >= 4 is 5.96 Å². The van der Waals surface area contributed by atoms with Crippen molar-refractivity contribution in [2.24, 2.45) is 10.9 Å². The zero-order valence-corrected chi connectivity index (χ0v) is 19.3. The Morgan fingerprint density at radius 3 is 2.67 bits per heavy atom. The molecule has 7 heteroatoms. The number of nitrogens with one attached hydrogen (secondary N) is 2. The first-order chi connectivity index (χ1) is 14.5. The van der Waals surface area contributed by atoms with E-state index in [1.54, 1.807) is 14.2 Å². The van der Waals surface area contributed by atoms with Gasteiger partial charge in [-0.15, -0.1) is 0 Å². The first-order valence-corrected chi connectivity index (χ1v) is 10.9. The van der Waals surface area contributed by atoms with Crippen LogP contribution < -0.4 is 20.1 Å². The average molecular weight is 422 g/mol. The van der Waals surface area contributed by atoms with Crippen molar-refractivity contribution in [3.05, 3.63) is 23.8 Å². The van der Waals surface area contributed by atoms with Crippen LogP contribution in [0.25, 0.3) is 0 Å². The average Bonchev–Trinajstić information content (AvgIpc) is 3.27. The summed E-state index contributed by atoms with van der Waals surface area (Å²) in [5.74, 6) is 2.87. The number of ether oxygens (including phenoxy) is 4. The first-order valence-electron chi connectivity index (χ1n) is 10.9. The van der Waals surface area contributed by atoms with Crippen molar-refractivity contribution in [1.29, 1.82) is 0 Å². The molecule has 0 spiro atoms. The Balaban J connectivity index is 1.83. The quantitative estimate of drug-likeness (QED) is 0.307. The standard InChI is InChI=1S/C23H39N3O4/c1-6-24-22(25-11-7-12-29-15-18-10-13-30-16-18)26-17-23(2,3)19-8-9-20(27-4)21(14-19)28-5/h8-9,14,18H,6-7,10-13,15-17H2,1-5H3,(H2,24,25,26). The van der Waals surface area contributed by atoms with Gasteiger partial charge < -0.3 is 29.6 Å². The fourth-order valence-electron chi connectivity index (χ4n) is 3.31. The van der Waals surface area contributed by atoms with Crippen molar-refractivity contribution in [3.63, 3.8) is 0 Å². The van der Waals surface area contributed by atoms with Crippen LogP contribution in [-0.2, 0) is 14.9 Å². The third-order valence-corrected chi connectivity index (χ3v) is 5.28. The van der Waals surface area contributed by atoms with Gasteiger partial charge in [-0.3, -0.25) is 4.99 Å². The smallest absolute Gasteiger partial charge is 0.191 e. The minimum atomic E-state index is -0.144. The maximum atomic E-state index is 5.77. The first kappa shape index (κ1) is 24.3. The van der Waals surface area contributed by atoms with Gasteiger partial charge >= 0.3 is 0 Å². The Kier molecular flexibility index (Phi) is 10.2. The van der Waals surface area contributed by atoms with Crippen LogP contribution in [0, 0.1) is 5.92 Å². The minimum absolute atomic E-state index is 0.144. The number of aliphatic imine (C=N–C) groups is 1. The number of benzene rings is 1. The van der Waals surface area contributed by atoms with E-state index in [2.05, 4.69) is 37.5 Å².